The molecule has 0 bridgehead atoms. The van der Waals surface area contributed by atoms with Crippen molar-refractivity contribution in [2.45, 2.75) is 0 Å². The van der Waals surface area contributed by atoms with Crippen LogP contribution in [0, 0.1) is 0 Å². The first-order chi connectivity index (χ1) is 14.7. The van der Waals surface area contributed by atoms with E-state index >= 15 is 0 Å². The van der Waals surface area contributed by atoms with Crippen LogP contribution in [-0.2, 0) is 4.79 Å². The quantitative estimate of drug-likeness (QED) is 0.711. The molecule has 1 heterocycles. The molecular weight excluding hydrogens is 374 g/mol. The van der Waals surface area contributed by atoms with E-state index in [-0.39, 0.29) is 11.8 Å². The summed E-state index contributed by atoms with van der Waals surface area (Å²) in [4.78, 5) is 28.9. The molecule has 30 heavy (non-hydrogen) atoms. The summed E-state index contributed by atoms with van der Waals surface area (Å²) in [5.41, 5.74) is 3.77. The molecule has 0 atom stereocenters. The number of amides is 2. The number of hydrogen-bond acceptors (Lipinski definition) is 3. The zero-order valence-corrected chi connectivity index (χ0v) is 16.8. The topological polar surface area (TPSA) is 52.7 Å². The maximum atomic E-state index is 12.5. The van der Waals surface area contributed by atoms with Gasteiger partial charge in [-0.1, -0.05) is 60.7 Å². The summed E-state index contributed by atoms with van der Waals surface area (Å²) in [5.74, 6) is 0.0171. The molecule has 2 amide bonds. The normalized spacial score (nSPS) is 14.3. The number of anilines is 1. The van der Waals surface area contributed by atoms with Crippen molar-refractivity contribution in [3.8, 4) is 11.1 Å². The Hall–Kier alpha value is -3.44. The molecule has 3 aromatic carbocycles. The average molecular weight is 399 g/mol. The van der Waals surface area contributed by atoms with Gasteiger partial charge in [0.05, 0.1) is 6.54 Å². The second-order valence-electron chi connectivity index (χ2n) is 7.43. The molecule has 0 saturated carbocycles. The summed E-state index contributed by atoms with van der Waals surface area (Å²) in [5, 5.41) is 2.97. The lowest BCUT2D eigenvalue weighted by atomic mass is 10.1. The van der Waals surface area contributed by atoms with E-state index in [1.54, 1.807) is 0 Å². The van der Waals surface area contributed by atoms with E-state index < -0.39 is 0 Å². The molecule has 5 heteroatoms. The van der Waals surface area contributed by atoms with Crippen molar-refractivity contribution in [2.75, 3.05) is 38.0 Å². The van der Waals surface area contributed by atoms with Crippen molar-refractivity contribution in [3.63, 3.8) is 0 Å². The average Bonchev–Trinajstić information content (AvgIpc) is 2.81. The zero-order valence-electron chi connectivity index (χ0n) is 16.8. The van der Waals surface area contributed by atoms with Gasteiger partial charge in [-0.05, 0) is 35.4 Å². The molecule has 1 fully saturated rings. The van der Waals surface area contributed by atoms with E-state index in [2.05, 4.69) is 22.3 Å². The van der Waals surface area contributed by atoms with E-state index in [0.717, 1.165) is 16.8 Å². The van der Waals surface area contributed by atoms with Gasteiger partial charge >= 0.3 is 0 Å². The minimum atomic E-state index is -0.0368. The molecule has 0 unspecified atom stereocenters. The van der Waals surface area contributed by atoms with Crippen molar-refractivity contribution < 1.29 is 9.59 Å². The lowest BCUT2D eigenvalue weighted by Crippen LogP contribution is -2.50. The van der Waals surface area contributed by atoms with Crippen molar-refractivity contribution in [3.05, 3.63) is 90.5 Å². The fourth-order valence-corrected chi connectivity index (χ4v) is 3.65. The fourth-order valence-electron chi connectivity index (χ4n) is 3.65. The molecule has 1 N–H and O–H groups in total. The molecule has 5 nitrogen and oxygen atoms in total. The number of nitrogens with zero attached hydrogens (tertiary/aromatic N) is 2. The molecule has 0 spiro atoms. The highest BCUT2D eigenvalue weighted by atomic mass is 16.2. The third-order valence-electron chi connectivity index (χ3n) is 5.32. The number of hydrogen-bond donors (Lipinski definition) is 1. The summed E-state index contributed by atoms with van der Waals surface area (Å²) in [6.07, 6.45) is 0. The smallest absolute Gasteiger partial charge is 0.253 e. The summed E-state index contributed by atoms with van der Waals surface area (Å²) >= 11 is 0. The van der Waals surface area contributed by atoms with Gasteiger partial charge in [-0.2, -0.15) is 0 Å². The Morgan fingerprint density at radius 1 is 0.700 bits per heavy atom. The van der Waals surface area contributed by atoms with E-state index in [0.29, 0.717) is 38.3 Å². The van der Waals surface area contributed by atoms with Gasteiger partial charge in [0.1, 0.15) is 0 Å². The molecule has 1 aliphatic rings. The van der Waals surface area contributed by atoms with Gasteiger partial charge in [0.15, 0.2) is 0 Å². The lowest BCUT2D eigenvalue weighted by Gasteiger charge is -2.34. The van der Waals surface area contributed by atoms with Gasteiger partial charge in [0.2, 0.25) is 5.91 Å². The van der Waals surface area contributed by atoms with Crippen molar-refractivity contribution in [1.29, 1.82) is 0 Å². The number of nitrogens with one attached hydrogen (secondary N) is 1. The Kier molecular flexibility index (Phi) is 6.20. The maximum Gasteiger partial charge on any atom is 0.253 e. The van der Waals surface area contributed by atoms with Crippen LogP contribution in [-0.4, -0.2) is 54.3 Å². The third kappa shape index (κ3) is 4.93. The predicted molar refractivity (Wildman–Crippen MR) is 119 cm³/mol. The van der Waals surface area contributed by atoms with Crippen LogP contribution in [0.1, 0.15) is 10.4 Å². The van der Waals surface area contributed by atoms with Gasteiger partial charge in [-0.3, -0.25) is 14.5 Å². The standard InChI is InChI=1S/C25H25N3O2/c29-24(26-23-13-11-21(12-14-23)20-7-3-1-4-8-20)19-27-15-17-28(18-16-27)25(30)22-9-5-2-6-10-22/h1-14H,15-19H2,(H,26,29). The van der Waals surface area contributed by atoms with Gasteiger partial charge in [-0.15, -0.1) is 0 Å². The van der Waals surface area contributed by atoms with Gasteiger partial charge in [-0.25, -0.2) is 0 Å². The Morgan fingerprint density at radius 2 is 1.27 bits per heavy atom. The molecule has 0 aliphatic carbocycles. The number of carbonyl (C=O) groups excluding carboxylic acids is 2. The third-order valence-corrected chi connectivity index (χ3v) is 5.32. The maximum absolute atomic E-state index is 12.5. The second-order valence-corrected chi connectivity index (χ2v) is 7.43. The Morgan fingerprint density at radius 3 is 1.90 bits per heavy atom. The summed E-state index contributed by atoms with van der Waals surface area (Å²) in [7, 11) is 0. The van der Waals surface area contributed by atoms with Crippen LogP contribution in [0.15, 0.2) is 84.9 Å². The molecule has 0 aromatic heterocycles. The van der Waals surface area contributed by atoms with Crippen LogP contribution in [0.4, 0.5) is 5.69 Å². The fraction of sp³-hybridized carbons (Fsp3) is 0.200. The lowest BCUT2D eigenvalue weighted by molar-refractivity contribution is -0.117. The second kappa shape index (κ2) is 9.37. The Labute approximate surface area is 176 Å². The van der Waals surface area contributed by atoms with E-state index in [1.165, 1.54) is 0 Å². The largest absolute Gasteiger partial charge is 0.336 e. The predicted octanol–water partition coefficient (Wildman–Crippen LogP) is 3.75. The molecular formula is C25H25N3O2. The van der Waals surface area contributed by atoms with Gasteiger partial charge in [0, 0.05) is 37.4 Å². The molecule has 4 rings (SSSR count). The molecule has 1 saturated heterocycles. The monoisotopic (exact) mass is 399 g/mol. The number of piperazine rings is 1. The Balaban J connectivity index is 1.26. The minimum Gasteiger partial charge on any atom is -0.336 e. The van der Waals surface area contributed by atoms with Crippen LogP contribution >= 0.6 is 0 Å². The molecule has 1 aliphatic heterocycles. The Bertz CT molecular complexity index is 980. The number of carbonyl (C=O) groups is 2. The van der Waals surface area contributed by atoms with Crippen molar-refractivity contribution in [1.82, 2.24) is 9.80 Å². The van der Waals surface area contributed by atoms with E-state index in [1.807, 2.05) is 77.7 Å². The first-order valence-electron chi connectivity index (χ1n) is 10.2. The van der Waals surface area contributed by atoms with Crippen molar-refractivity contribution >= 4 is 17.5 Å². The molecule has 152 valence electrons. The molecule has 3 aromatic rings. The summed E-state index contributed by atoms with van der Waals surface area (Å²) in [6.45, 7) is 2.98. The van der Waals surface area contributed by atoms with Crippen LogP contribution in [0.2, 0.25) is 0 Å². The van der Waals surface area contributed by atoms with Crippen LogP contribution in [0.25, 0.3) is 11.1 Å². The SMILES string of the molecule is O=C(CN1CCN(C(=O)c2ccccc2)CC1)Nc1ccc(-c2ccccc2)cc1. The first kappa shape index (κ1) is 19.9. The van der Waals surface area contributed by atoms with Gasteiger partial charge < -0.3 is 10.2 Å². The van der Waals surface area contributed by atoms with Crippen LogP contribution in [0.5, 0.6) is 0 Å². The summed E-state index contributed by atoms with van der Waals surface area (Å²) in [6, 6.07) is 27.4. The minimum absolute atomic E-state index is 0.0368. The highest BCUT2D eigenvalue weighted by molar-refractivity contribution is 5.94. The van der Waals surface area contributed by atoms with Crippen LogP contribution < -0.4 is 5.32 Å². The number of rotatable bonds is 5. The van der Waals surface area contributed by atoms with Crippen molar-refractivity contribution in [2.24, 2.45) is 0 Å². The summed E-state index contributed by atoms with van der Waals surface area (Å²) < 4.78 is 0. The zero-order chi connectivity index (χ0) is 20.8. The van der Waals surface area contributed by atoms with E-state index in [4.69, 9.17) is 0 Å². The van der Waals surface area contributed by atoms with Crippen LogP contribution in [0.3, 0.4) is 0 Å². The molecule has 0 radical (unpaired) electrons. The highest BCUT2D eigenvalue weighted by Gasteiger charge is 2.23. The van der Waals surface area contributed by atoms with Gasteiger partial charge in [0.25, 0.3) is 5.91 Å². The van der Waals surface area contributed by atoms with E-state index in [9.17, 15) is 9.59 Å². The number of benzene rings is 3. The first-order valence-corrected chi connectivity index (χ1v) is 10.2. The highest BCUT2D eigenvalue weighted by Crippen LogP contribution is 2.21.